The number of imidazole rings is 1. The molecule has 0 spiro atoms. The molecule has 10 nitrogen and oxygen atoms in total. The molecule has 1 aliphatic heterocycles. The second-order valence-corrected chi connectivity index (χ2v) is 12.1. The molecule has 0 radical (unpaired) electrons. The molecule has 1 saturated heterocycles. The molecular formula is C31H41FN6O4. The van der Waals surface area contributed by atoms with Gasteiger partial charge in [-0.15, -0.1) is 0 Å². The van der Waals surface area contributed by atoms with E-state index in [-0.39, 0.29) is 35.3 Å². The monoisotopic (exact) mass is 580 g/mol. The number of carboxylic acid groups (broad SMARTS) is 1. The van der Waals surface area contributed by atoms with E-state index in [4.69, 9.17) is 5.11 Å². The minimum absolute atomic E-state index is 0.00429. The van der Waals surface area contributed by atoms with Gasteiger partial charge in [-0.2, -0.15) is 0 Å². The van der Waals surface area contributed by atoms with E-state index in [0.717, 1.165) is 70.1 Å². The lowest BCUT2D eigenvalue weighted by atomic mass is 9.84. The van der Waals surface area contributed by atoms with Gasteiger partial charge in [-0.25, -0.2) is 14.0 Å². The number of benzene rings is 1. The Kier molecular flexibility index (Phi) is 8.96. The van der Waals surface area contributed by atoms with Crippen LogP contribution in [0.2, 0.25) is 0 Å². The van der Waals surface area contributed by atoms with E-state index < -0.39 is 11.9 Å². The van der Waals surface area contributed by atoms with Crippen molar-refractivity contribution < 1.29 is 19.1 Å². The topological polar surface area (TPSA) is 113 Å². The van der Waals surface area contributed by atoms with Gasteiger partial charge in [0.15, 0.2) is 0 Å². The molecule has 2 fully saturated rings. The third-order valence-corrected chi connectivity index (χ3v) is 9.15. The molecule has 42 heavy (non-hydrogen) atoms. The molecule has 5 rings (SSSR count). The van der Waals surface area contributed by atoms with Crippen LogP contribution in [0.1, 0.15) is 75.2 Å². The van der Waals surface area contributed by atoms with E-state index in [9.17, 15) is 18.8 Å². The summed E-state index contributed by atoms with van der Waals surface area (Å²) in [6.07, 6.45) is 8.99. The van der Waals surface area contributed by atoms with Crippen molar-refractivity contribution in [3.05, 3.63) is 58.5 Å². The molecule has 1 saturated carbocycles. The Morgan fingerprint density at radius 3 is 2.48 bits per heavy atom. The Morgan fingerprint density at radius 2 is 1.81 bits per heavy atom. The zero-order valence-electron chi connectivity index (χ0n) is 24.6. The highest BCUT2D eigenvalue weighted by Gasteiger charge is 2.29. The summed E-state index contributed by atoms with van der Waals surface area (Å²) in [5.74, 6) is -0.271. The lowest BCUT2D eigenvalue weighted by Gasteiger charge is -2.34. The SMILES string of the molecule is CC(C)N(C)C(=O)c1cc(F)ccc1-n1c(=O)n(C2CCN(CC[C@H]3CC[C@H](NC(=O)O)CC3)CC2)c2ccncc21. The van der Waals surface area contributed by atoms with Crippen LogP contribution < -0.4 is 11.0 Å². The number of fused-ring (bicyclic) bond motifs is 1. The van der Waals surface area contributed by atoms with Crippen molar-refractivity contribution in [2.75, 3.05) is 26.7 Å². The van der Waals surface area contributed by atoms with Gasteiger partial charge in [0.05, 0.1) is 28.5 Å². The first kappa shape index (κ1) is 29.8. The molecule has 1 aliphatic carbocycles. The second kappa shape index (κ2) is 12.6. The van der Waals surface area contributed by atoms with Gasteiger partial charge >= 0.3 is 11.8 Å². The van der Waals surface area contributed by atoms with Gasteiger partial charge in [-0.3, -0.25) is 18.9 Å². The minimum atomic E-state index is -0.940. The fraction of sp³-hybridized carbons (Fsp3) is 0.548. The number of likely N-dealkylation sites (tertiary alicyclic amines) is 1. The van der Waals surface area contributed by atoms with E-state index in [2.05, 4.69) is 15.2 Å². The van der Waals surface area contributed by atoms with Gasteiger partial charge in [0.25, 0.3) is 5.91 Å². The molecule has 11 heteroatoms. The normalized spacial score (nSPS) is 20.2. The van der Waals surface area contributed by atoms with Gasteiger partial charge < -0.3 is 20.2 Å². The average molecular weight is 581 g/mol. The number of hydrogen-bond donors (Lipinski definition) is 2. The number of rotatable bonds is 8. The molecule has 0 unspecified atom stereocenters. The largest absolute Gasteiger partial charge is 0.465 e. The highest BCUT2D eigenvalue weighted by molar-refractivity contribution is 5.98. The number of piperidine rings is 1. The van der Waals surface area contributed by atoms with Crippen LogP contribution >= 0.6 is 0 Å². The third-order valence-electron chi connectivity index (χ3n) is 9.15. The summed E-state index contributed by atoms with van der Waals surface area (Å²) in [5.41, 5.74) is 1.57. The second-order valence-electron chi connectivity index (χ2n) is 12.1. The average Bonchev–Trinajstić information content (AvgIpc) is 3.27. The molecule has 2 aliphatic rings. The summed E-state index contributed by atoms with van der Waals surface area (Å²) in [7, 11) is 1.67. The number of pyridine rings is 1. The Hall–Kier alpha value is -3.73. The molecule has 226 valence electrons. The first-order valence-corrected chi connectivity index (χ1v) is 15.0. The molecule has 2 aromatic heterocycles. The van der Waals surface area contributed by atoms with Crippen LogP contribution in [-0.2, 0) is 0 Å². The van der Waals surface area contributed by atoms with Crippen molar-refractivity contribution in [1.29, 1.82) is 0 Å². The fourth-order valence-electron chi connectivity index (χ4n) is 6.49. The van der Waals surface area contributed by atoms with Crippen LogP contribution in [0.5, 0.6) is 0 Å². The molecular weight excluding hydrogens is 539 g/mol. The maximum atomic E-state index is 14.4. The van der Waals surface area contributed by atoms with E-state index in [1.165, 1.54) is 27.7 Å². The predicted octanol–water partition coefficient (Wildman–Crippen LogP) is 4.66. The van der Waals surface area contributed by atoms with Crippen molar-refractivity contribution in [3.8, 4) is 5.69 Å². The summed E-state index contributed by atoms with van der Waals surface area (Å²) >= 11 is 0. The first-order chi connectivity index (χ1) is 20.1. The van der Waals surface area contributed by atoms with Crippen LogP contribution in [0.25, 0.3) is 16.7 Å². The summed E-state index contributed by atoms with van der Waals surface area (Å²) in [6.45, 7) is 6.53. The molecule has 3 aromatic rings. The Bertz CT molecular complexity index is 1480. The number of nitrogens with one attached hydrogen (secondary N) is 1. The van der Waals surface area contributed by atoms with Gasteiger partial charge in [-0.05, 0) is 95.5 Å². The van der Waals surface area contributed by atoms with Crippen molar-refractivity contribution in [2.45, 2.75) is 76.9 Å². The van der Waals surface area contributed by atoms with Gasteiger partial charge in [0.2, 0.25) is 0 Å². The highest BCUT2D eigenvalue weighted by atomic mass is 19.1. The zero-order chi connectivity index (χ0) is 30.0. The minimum Gasteiger partial charge on any atom is -0.465 e. The number of carbonyl (C=O) groups is 2. The molecule has 1 aromatic carbocycles. The summed E-state index contributed by atoms with van der Waals surface area (Å²) in [5, 5.41) is 11.6. The van der Waals surface area contributed by atoms with Crippen molar-refractivity contribution >= 4 is 23.0 Å². The lowest BCUT2D eigenvalue weighted by Crippen LogP contribution is -2.39. The standard InChI is InChI=1S/C31H41FN6O4/c1-20(2)35(3)29(39)25-18-22(32)6-9-26(25)38-28-19-33-14-10-27(28)37(31(38)42)24-12-16-36(17-13-24)15-11-21-4-7-23(8-5-21)34-30(40)41/h6,9-10,14,18-21,23-24,34H,4-5,7-8,11-13,15-17H2,1-3H3,(H,40,41)/t21-,23-. The van der Waals surface area contributed by atoms with Crippen LogP contribution in [0, 0.1) is 11.7 Å². The Morgan fingerprint density at radius 1 is 1.10 bits per heavy atom. The van der Waals surface area contributed by atoms with E-state index >= 15 is 0 Å². The van der Waals surface area contributed by atoms with Crippen molar-refractivity contribution in [3.63, 3.8) is 0 Å². The zero-order valence-corrected chi connectivity index (χ0v) is 24.6. The molecule has 2 N–H and O–H groups in total. The van der Waals surface area contributed by atoms with E-state index in [0.29, 0.717) is 17.1 Å². The molecule has 3 heterocycles. The van der Waals surface area contributed by atoms with Crippen molar-refractivity contribution in [2.24, 2.45) is 5.92 Å². The molecule has 0 bridgehead atoms. The Balaban J connectivity index is 1.32. The maximum Gasteiger partial charge on any atom is 0.404 e. The number of halogens is 1. The number of aromatic nitrogens is 3. The predicted molar refractivity (Wildman–Crippen MR) is 159 cm³/mol. The smallest absolute Gasteiger partial charge is 0.404 e. The number of amides is 2. The summed E-state index contributed by atoms with van der Waals surface area (Å²) < 4.78 is 17.7. The van der Waals surface area contributed by atoms with Crippen molar-refractivity contribution in [1.82, 2.24) is 29.2 Å². The summed E-state index contributed by atoms with van der Waals surface area (Å²) in [4.78, 5) is 46.6. The van der Waals surface area contributed by atoms with Gasteiger partial charge in [-0.1, -0.05) is 0 Å². The quantitative estimate of drug-likeness (QED) is 0.401. The lowest BCUT2D eigenvalue weighted by molar-refractivity contribution is 0.0754. The molecule has 0 atom stereocenters. The van der Waals surface area contributed by atoms with Crippen LogP contribution in [0.15, 0.2) is 41.5 Å². The summed E-state index contributed by atoms with van der Waals surface area (Å²) in [6, 6.07) is 5.80. The van der Waals surface area contributed by atoms with Gasteiger partial charge in [0.1, 0.15) is 5.82 Å². The third kappa shape index (κ3) is 6.21. The van der Waals surface area contributed by atoms with Crippen LogP contribution in [0.4, 0.5) is 9.18 Å². The number of nitrogens with zero attached hydrogens (tertiary/aromatic N) is 5. The molecule has 2 amide bonds. The maximum absolute atomic E-state index is 14.4. The number of hydrogen-bond acceptors (Lipinski definition) is 5. The Labute approximate surface area is 245 Å². The van der Waals surface area contributed by atoms with E-state index in [1.54, 1.807) is 19.4 Å². The fourth-order valence-corrected chi connectivity index (χ4v) is 6.49. The van der Waals surface area contributed by atoms with Crippen LogP contribution in [0.3, 0.4) is 0 Å². The highest BCUT2D eigenvalue weighted by Crippen LogP contribution is 2.30. The van der Waals surface area contributed by atoms with E-state index in [1.807, 2.05) is 24.5 Å². The van der Waals surface area contributed by atoms with Crippen LogP contribution in [-0.4, -0.2) is 79.8 Å². The van der Waals surface area contributed by atoms with Gasteiger partial charge in [0, 0.05) is 44.5 Å². The first-order valence-electron chi connectivity index (χ1n) is 15.0. The number of carbonyl (C=O) groups excluding carboxylic acids is 1.